The number of anilines is 1. The number of rotatable bonds is 4. The number of phenolic OH excluding ortho intramolecular Hbond substituents is 1. The van der Waals surface area contributed by atoms with E-state index in [9.17, 15) is 9.90 Å². The lowest BCUT2D eigenvalue weighted by atomic mass is 10.1. The van der Waals surface area contributed by atoms with Gasteiger partial charge in [0.25, 0.3) is 5.91 Å². The third-order valence-corrected chi connectivity index (χ3v) is 3.13. The van der Waals surface area contributed by atoms with Crippen LogP contribution in [0.15, 0.2) is 42.5 Å². The van der Waals surface area contributed by atoms with Crippen LogP contribution in [0.3, 0.4) is 0 Å². The van der Waals surface area contributed by atoms with E-state index in [4.69, 9.17) is 18.0 Å². The van der Waals surface area contributed by atoms with Gasteiger partial charge in [0.2, 0.25) is 0 Å². The number of nitrogens with one attached hydrogen (secondary N) is 1. The molecule has 0 fully saturated rings. The van der Waals surface area contributed by atoms with Gasteiger partial charge in [0, 0.05) is 12.1 Å². The summed E-state index contributed by atoms with van der Waals surface area (Å²) in [5.41, 5.74) is 8.25. The number of aryl methyl sites for hydroxylation is 1. The zero-order chi connectivity index (χ0) is 15.4. The van der Waals surface area contributed by atoms with E-state index in [1.807, 2.05) is 19.1 Å². The normalized spacial score (nSPS) is 10.1. The second-order valence-electron chi connectivity index (χ2n) is 4.81. The zero-order valence-corrected chi connectivity index (χ0v) is 12.4. The fourth-order valence-corrected chi connectivity index (χ4v) is 2.11. The topological polar surface area (TPSA) is 75.4 Å². The van der Waals surface area contributed by atoms with Crippen molar-refractivity contribution in [2.24, 2.45) is 5.73 Å². The molecule has 108 valence electrons. The number of carbonyl (C=O) groups excluding carboxylic acids is 1. The molecule has 2 aromatic carbocycles. The van der Waals surface area contributed by atoms with Crippen molar-refractivity contribution >= 4 is 28.8 Å². The van der Waals surface area contributed by atoms with Crippen molar-refractivity contribution < 1.29 is 9.90 Å². The molecule has 0 unspecified atom stereocenters. The summed E-state index contributed by atoms with van der Waals surface area (Å²) in [6, 6.07) is 12.2. The molecule has 0 spiro atoms. The quantitative estimate of drug-likeness (QED) is 0.759. The van der Waals surface area contributed by atoms with Gasteiger partial charge in [-0.3, -0.25) is 4.79 Å². The predicted octanol–water partition coefficient (Wildman–Crippen LogP) is 2.78. The zero-order valence-electron chi connectivity index (χ0n) is 11.6. The van der Waals surface area contributed by atoms with Gasteiger partial charge >= 0.3 is 0 Å². The third-order valence-electron chi connectivity index (χ3n) is 2.99. The maximum atomic E-state index is 12.1. The average Bonchev–Trinajstić information content (AvgIpc) is 2.40. The molecular formula is C16H16N2O2S. The molecular weight excluding hydrogens is 284 g/mol. The Morgan fingerprint density at radius 3 is 2.48 bits per heavy atom. The van der Waals surface area contributed by atoms with Gasteiger partial charge in [-0.1, -0.05) is 30.4 Å². The first-order valence-corrected chi connectivity index (χ1v) is 6.85. The lowest BCUT2D eigenvalue weighted by Crippen LogP contribution is -2.13. The summed E-state index contributed by atoms with van der Waals surface area (Å²) in [5, 5.41) is 12.5. The Morgan fingerprint density at radius 2 is 1.90 bits per heavy atom. The number of aromatic hydroxyl groups is 1. The van der Waals surface area contributed by atoms with Gasteiger partial charge in [-0.15, -0.1) is 0 Å². The average molecular weight is 300 g/mol. The molecule has 0 radical (unpaired) electrons. The first kappa shape index (κ1) is 15.0. The Labute approximate surface area is 128 Å². The first-order valence-electron chi connectivity index (χ1n) is 6.44. The van der Waals surface area contributed by atoms with Crippen LogP contribution in [0.2, 0.25) is 0 Å². The summed E-state index contributed by atoms with van der Waals surface area (Å²) < 4.78 is 0. The van der Waals surface area contributed by atoms with Crippen molar-refractivity contribution in [1.29, 1.82) is 0 Å². The molecule has 0 heterocycles. The highest BCUT2D eigenvalue weighted by atomic mass is 32.1. The van der Waals surface area contributed by atoms with Crippen molar-refractivity contribution in [2.45, 2.75) is 13.3 Å². The molecule has 0 aliphatic carbocycles. The van der Waals surface area contributed by atoms with Crippen LogP contribution in [0.25, 0.3) is 0 Å². The summed E-state index contributed by atoms with van der Waals surface area (Å²) in [6.45, 7) is 1.85. The molecule has 4 nitrogen and oxygen atoms in total. The van der Waals surface area contributed by atoms with E-state index in [2.05, 4.69) is 5.32 Å². The Hall–Kier alpha value is -2.40. The second-order valence-corrected chi connectivity index (χ2v) is 5.34. The minimum absolute atomic E-state index is 0.0300. The van der Waals surface area contributed by atoms with E-state index in [1.54, 1.807) is 30.3 Å². The fraction of sp³-hybridized carbons (Fsp3) is 0.125. The highest BCUT2D eigenvalue weighted by Gasteiger charge is 2.11. The van der Waals surface area contributed by atoms with E-state index in [1.165, 1.54) is 0 Å². The minimum atomic E-state index is -0.352. The Bertz CT molecular complexity index is 681. The Balaban J connectivity index is 2.10. The summed E-state index contributed by atoms with van der Waals surface area (Å²) in [5.74, 6) is -0.382. The smallest absolute Gasteiger partial charge is 0.259 e. The lowest BCUT2D eigenvalue weighted by molar-refractivity contribution is 0.102. The maximum Gasteiger partial charge on any atom is 0.259 e. The molecule has 4 N–H and O–H groups in total. The molecule has 5 heteroatoms. The van der Waals surface area contributed by atoms with Gasteiger partial charge in [0.05, 0.1) is 10.6 Å². The van der Waals surface area contributed by atoms with Crippen molar-refractivity contribution in [3.8, 4) is 5.75 Å². The summed E-state index contributed by atoms with van der Waals surface area (Å²) in [6.07, 6.45) is 0.530. The van der Waals surface area contributed by atoms with Gasteiger partial charge in [0.1, 0.15) is 5.75 Å². The van der Waals surface area contributed by atoms with Crippen molar-refractivity contribution in [3.63, 3.8) is 0 Å². The monoisotopic (exact) mass is 300 g/mol. The highest BCUT2D eigenvalue weighted by Crippen LogP contribution is 2.20. The van der Waals surface area contributed by atoms with Crippen molar-refractivity contribution in [3.05, 3.63) is 59.2 Å². The molecule has 1 amide bonds. The molecule has 2 aromatic rings. The SMILES string of the molecule is Cc1ccc(C(=O)Nc2ccc(CC(N)=S)cc2)c(O)c1. The molecule has 0 aliphatic rings. The largest absolute Gasteiger partial charge is 0.507 e. The van der Waals surface area contributed by atoms with Crippen LogP contribution in [-0.2, 0) is 6.42 Å². The maximum absolute atomic E-state index is 12.1. The summed E-state index contributed by atoms with van der Waals surface area (Å²) >= 11 is 4.85. The number of thiocarbonyl (C=S) groups is 1. The van der Waals surface area contributed by atoms with E-state index in [0.717, 1.165) is 11.1 Å². The van der Waals surface area contributed by atoms with Crippen molar-refractivity contribution in [2.75, 3.05) is 5.32 Å². The van der Waals surface area contributed by atoms with E-state index in [-0.39, 0.29) is 17.2 Å². The molecule has 0 aliphatic heterocycles. The molecule has 2 rings (SSSR count). The van der Waals surface area contributed by atoms with Gasteiger partial charge in [-0.25, -0.2) is 0 Å². The Morgan fingerprint density at radius 1 is 1.24 bits per heavy atom. The van der Waals surface area contributed by atoms with Crippen LogP contribution in [-0.4, -0.2) is 16.0 Å². The molecule has 0 bridgehead atoms. The highest BCUT2D eigenvalue weighted by molar-refractivity contribution is 7.80. The van der Waals surface area contributed by atoms with Gasteiger partial charge in [-0.2, -0.15) is 0 Å². The number of hydrogen-bond acceptors (Lipinski definition) is 3. The number of nitrogens with two attached hydrogens (primary N) is 1. The van der Waals surface area contributed by atoms with Gasteiger partial charge in [-0.05, 0) is 42.3 Å². The van der Waals surface area contributed by atoms with Crippen LogP contribution in [0.5, 0.6) is 5.75 Å². The van der Waals surface area contributed by atoms with E-state index < -0.39 is 0 Å². The lowest BCUT2D eigenvalue weighted by Gasteiger charge is -2.08. The molecule has 0 saturated heterocycles. The molecule has 0 saturated carbocycles. The van der Waals surface area contributed by atoms with Crippen LogP contribution >= 0.6 is 12.2 Å². The number of carbonyl (C=O) groups is 1. The fourth-order valence-electron chi connectivity index (χ4n) is 1.94. The second kappa shape index (κ2) is 6.37. The minimum Gasteiger partial charge on any atom is -0.507 e. The van der Waals surface area contributed by atoms with E-state index in [0.29, 0.717) is 17.1 Å². The molecule has 0 aromatic heterocycles. The van der Waals surface area contributed by atoms with Crippen molar-refractivity contribution in [1.82, 2.24) is 0 Å². The van der Waals surface area contributed by atoms with Crippen LogP contribution in [0.4, 0.5) is 5.69 Å². The van der Waals surface area contributed by atoms with Crippen LogP contribution in [0, 0.1) is 6.92 Å². The summed E-state index contributed by atoms with van der Waals surface area (Å²) in [7, 11) is 0. The van der Waals surface area contributed by atoms with E-state index >= 15 is 0 Å². The number of amides is 1. The number of hydrogen-bond donors (Lipinski definition) is 3. The standard InChI is InChI=1S/C16H16N2O2S/c1-10-2-7-13(14(19)8-10)16(20)18-12-5-3-11(4-6-12)9-15(17)21/h2-8,19H,9H2,1H3,(H2,17,21)(H,18,20). The third kappa shape index (κ3) is 4.03. The summed E-state index contributed by atoms with van der Waals surface area (Å²) in [4.78, 5) is 12.5. The van der Waals surface area contributed by atoms with Crippen LogP contribution < -0.4 is 11.1 Å². The number of phenols is 1. The molecule has 0 atom stereocenters. The van der Waals surface area contributed by atoms with Crippen LogP contribution in [0.1, 0.15) is 21.5 Å². The van der Waals surface area contributed by atoms with Gasteiger partial charge < -0.3 is 16.2 Å². The molecule has 21 heavy (non-hydrogen) atoms. The van der Waals surface area contributed by atoms with Gasteiger partial charge in [0.15, 0.2) is 0 Å². The Kier molecular flexibility index (Phi) is 4.55. The number of benzene rings is 2. The first-order chi connectivity index (χ1) is 9.95. The predicted molar refractivity (Wildman–Crippen MR) is 87.7 cm³/mol.